The maximum Gasteiger partial charge on any atom is 0.228 e. The number of rotatable bonds is 3. The van der Waals surface area contributed by atoms with Crippen molar-refractivity contribution in [3.63, 3.8) is 0 Å². The molecule has 0 aromatic carbocycles. The highest BCUT2D eigenvalue weighted by atomic mass is 16.3. The molecule has 1 atom stereocenters. The summed E-state index contributed by atoms with van der Waals surface area (Å²) >= 11 is 0. The van der Waals surface area contributed by atoms with E-state index < -0.39 is 0 Å². The summed E-state index contributed by atoms with van der Waals surface area (Å²) in [5.41, 5.74) is 6.89. The van der Waals surface area contributed by atoms with E-state index in [9.17, 15) is 9.90 Å². The number of nitrogen functional groups attached to an aromatic ring is 1. The fourth-order valence-electron chi connectivity index (χ4n) is 2.49. The molecule has 0 radical (unpaired) electrons. The second-order valence-corrected chi connectivity index (χ2v) is 5.03. The molecule has 0 spiro atoms. The normalized spacial score (nSPS) is 20.1. The van der Waals surface area contributed by atoms with Crippen LogP contribution in [0.1, 0.15) is 31.4 Å². The number of amides is 1. The monoisotopic (exact) mass is 263 g/mol. The molecule has 1 aromatic heterocycles. The number of carbonyl (C=O) groups excluding carboxylic acids is 1. The summed E-state index contributed by atoms with van der Waals surface area (Å²) in [6.07, 6.45) is 5.94. The van der Waals surface area contributed by atoms with Crippen LogP contribution in [0.2, 0.25) is 0 Å². The van der Waals surface area contributed by atoms with Crippen molar-refractivity contribution in [2.45, 2.75) is 38.1 Å². The molecule has 0 aliphatic carbocycles. The van der Waals surface area contributed by atoms with Gasteiger partial charge in [0.2, 0.25) is 5.91 Å². The van der Waals surface area contributed by atoms with Crippen molar-refractivity contribution in [1.29, 1.82) is 0 Å². The zero-order valence-electron chi connectivity index (χ0n) is 11.1. The smallest absolute Gasteiger partial charge is 0.228 e. The highest BCUT2D eigenvalue weighted by Crippen LogP contribution is 2.17. The number of aliphatic hydroxyl groups excluding tert-OH is 1. The summed E-state index contributed by atoms with van der Waals surface area (Å²) in [7, 11) is 0. The van der Waals surface area contributed by atoms with Crippen LogP contribution in [0.25, 0.3) is 0 Å². The molecule has 5 heteroatoms. The quantitative estimate of drug-likeness (QED) is 0.851. The minimum Gasteiger partial charge on any atom is -0.397 e. The van der Waals surface area contributed by atoms with Gasteiger partial charge in [0.25, 0.3) is 0 Å². The van der Waals surface area contributed by atoms with Gasteiger partial charge in [-0.15, -0.1) is 0 Å². The number of aromatic nitrogens is 1. The minimum atomic E-state index is -0.0382. The molecule has 1 fully saturated rings. The Morgan fingerprint density at radius 1 is 1.42 bits per heavy atom. The first-order chi connectivity index (χ1) is 9.20. The number of anilines is 1. The molecule has 19 heavy (non-hydrogen) atoms. The Balaban J connectivity index is 2.02. The number of pyridine rings is 1. The summed E-state index contributed by atoms with van der Waals surface area (Å²) in [5.74, 6) is 0.0400. The van der Waals surface area contributed by atoms with Crippen molar-refractivity contribution in [3.8, 4) is 0 Å². The number of hydrogen-bond donors (Lipinski definition) is 2. The van der Waals surface area contributed by atoms with E-state index >= 15 is 0 Å². The standard InChI is InChI=1S/C14H21N3O2/c15-11-5-6-12(16-9-11)8-14(19)17-7-3-1-2-4-13(17)10-18/h5-6,9,13,18H,1-4,7-8,10,15H2. The predicted octanol–water partition coefficient (Wildman–Crippen LogP) is 0.970. The minimum absolute atomic E-state index is 0.0382. The van der Waals surface area contributed by atoms with Crippen molar-refractivity contribution in [2.24, 2.45) is 0 Å². The van der Waals surface area contributed by atoms with Crippen molar-refractivity contribution >= 4 is 11.6 Å². The zero-order valence-corrected chi connectivity index (χ0v) is 11.1. The van der Waals surface area contributed by atoms with Crippen molar-refractivity contribution in [1.82, 2.24) is 9.88 Å². The third-order valence-electron chi connectivity index (χ3n) is 3.59. The highest BCUT2D eigenvalue weighted by Gasteiger charge is 2.24. The number of nitrogens with zero attached hydrogens (tertiary/aromatic N) is 2. The van der Waals surface area contributed by atoms with Crippen LogP contribution in [0.5, 0.6) is 0 Å². The molecular weight excluding hydrogens is 242 g/mol. The summed E-state index contributed by atoms with van der Waals surface area (Å²) in [6, 6.07) is 3.49. The Morgan fingerprint density at radius 2 is 2.26 bits per heavy atom. The van der Waals surface area contributed by atoms with Gasteiger partial charge in [-0.25, -0.2) is 0 Å². The molecule has 1 aromatic rings. The fourth-order valence-corrected chi connectivity index (χ4v) is 2.49. The zero-order chi connectivity index (χ0) is 13.7. The van der Waals surface area contributed by atoms with Crippen LogP contribution in [0.4, 0.5) is 5.69 Å². The van der Waals surface area contributed by atoms with Gasteiger partial charge in [-0.05, 0) is 25.0 Å². The first kappa shape index (κ1) is 13.8. The maximum atomic E-state index is 12.3. The van der Waals surface area contributed by atoms with Gasteiger partial charge in [-0.3, -0.25) is 9.78 Å². The molecule has 1 saturated heterocycles. The average molecular weight is 263 g/mol. The van der Waals surface area contributed by atoms with E-state index in [0.29, 0.717) is 5.69 Å². The van der Waals surface area contributed by atoms with Crippen LogP contribution >= 0.6 is 0 Å². The average Bonchev–Trinajstić information content (AvgIpc) is 2.66. The van der Waals surface area contributed by atoms with Crippen LogP contribution in [-0.2, 0) is 11.2 Å². The second-order valence-electron chi connectivity index (χ2n) is 5.03. The molecular formula is C14H21N3O2. The summed E-state index contributed by atoms with van der Waals surface area (Å²) in [4.78, 5) is 18.3. The molecule has 0 saturated carbocycles. The molecule has 1 amide bonds. The first-order valence-corrected chi connectivity index (χ1v) is 6.81. The molecule has 104 valence electrons. The highest BCUT2D eigenvalue weighted by molar-refractivity contribution is 5.78. The SMILES string of the molecule is Nc1ccc(CC(=O)N2CCCCCC2CO)nc1. The van der Waals surface area contributed by atoms with E-state index in [-0.39, 0.29) is 25.0 Å². The number of carbonyl (C=O) groups is 1. The Morgan fingerprint density at radius 3 is 2.95 bits per heavy atom. The number of hydrogen-bond acceptors (Lipinski definition) is 4. The van der Waals surface area contributed by atoms with Gasteiger partial charge in [-0.2, -0.15) is 0 Å². The molecule has 3 N–H and O–H groups in total. The molecule has 0 bridgehead atoms. The summed E-state index contributed by atoms with van der Waals surface area (Å²) in [5, 5.41) is 9.41. The van der Waals surface area contributed by atoms with Crippen LogP contribution in [-0.4, -0.2) is 40.1 Å². The summed E-state index contributed by atoms with van der Waals surface area (Å²) < 4.78 is 0. The molecule has 5 nitrogen and oxygen atoms in total. The predicted molar refractivity (Wildman–Crippen MR) is 73.4 cm³/mol. The van der Waals surface area contributed by atoms with Crippen LogP contribution in [0.3, 0.4) is 0 Å². The fraction of sp³-hybridized carbons (Fsp3) is 0.571. The van der Waals surface area contributed by atoms with Crippen molar-refractivity contribution in [3.05, 3.63) is 24.0 Å². The number of aliphatic hydroxyl groups is 1. The third kappa shape index (κ3) is 3.67. The largest absolute Gasteiger partial charge is 0.397 e. The molecule has 1 aliphatic rings. The lowest BCUT2D eigenvalue weighted by atomic mass is 10.1. The van der Waals surface area contributed by atoms with Gasteiger partial charge in [0, 0.05) is 12.2 Å². The van der Waals surface area contributed by atoms with E-state index in [0.717, 1.165) is 37.9 Å². The lowest BCUT2D eigenvalue weighted by Crippen LogP contribution is -2.43. The molecule has 1 unspecified atom stereocenters. The Hall–Kier alpha value is -1.62. The Labute approximate surface area is 113 Å². The van der Waals surface area contributed by atoms with Crippen molar-refractivity contribution in [2.75, 3.05) is 18.9 Å². The Bertz CT molecular complexity index is 419. The molecule has 2 rings (SSSR count). The number of nitrogens with two attached hydrogens (primary N) is 1. The van der Waals surface area contributed by atoms with E-state index in [4.69, 9.17) is 5.73 Å². The van der Waals surface area contributed by atoms with Crippen LogP contribution in [0, 0.1) is 0 Å². The van der Waals surface area contributed by atoms with E-state index in [2.05, 4.69) is 4.98 Å². The van der Waals surface area contributed by atoms with E-state index in [1.165, 1.54) is 0 Å². The third-order valence-corrected chi connectivity index (χ3v) is 3.59. The first-order valence-electron chi connectivity index (χ1n) is 6.81. The summed E-state index contributed by atoms with van der Waals surface area (Å²) in [6.45, 7) is 0.778. The number of likely N-dealkylation sites (tertiary alicyclic amines) is 1. The molecule has 2 heterocycles. The maximum absolute atomic E-state index is 12.3. The topological polar surface area (TPSA) is 79.5 Å². The van der Waals surface area contributed by atoms with Gasteiger partial charge >= 0.3 is 0 Å². The lowest BCUT2D eigenvalue weighted by molar-refractivity contribution is -0.133. The van der Waals surface area contributed by atoms with E-state index in [1.54, 1.807) is 18.3 Å². The van der Waals surface area contributed by atoms with E-state index in [1.807, 2.05) is 4.90 Å². The second kappa shape index (κ2) is 6.52. The lowest BCUT2D eigenvalue weighted by Gasteiger charge is -2.28. The van der Waals surface area contributed by atoms with Crippen LogP contribution in [0.15, 0.2) is 18.3 Å². The van der Waals surface area contributed by atoms with Gasteiger partial charge < -0.3 is 15.7 Å². The van der Waals surface area contributed by atoms with Crippen molar-refractivity contribution < 1.29 is 9.90 Å². The van der Waals surface area contributed by atoms with Crippen LogP contribution < -0.4 is 5.73 Å². The van der Waals surface area contributed by atoms with Gasteiger partial charge in [0.1, 0.15) is 0 Å². The van der Waals surface area contributed by atoms with Gasteiger partial charge in [0.15, 0.2) is 0 Å². The molecule has 1 aliphatic heterocycles. The Kier molecular flexibility index (Phi) is 4.74. The van der Waals surface area contributed by atoms with Gasteiger partial charge in [-0.1, -0.05) is 12.8 Å². The van der Waals surface area contributed by atoms with Gasteiger partial charge in [0.05, 0.1) is 31.0 Å².